The van der Waals surface area contributed by atoms with Gasteiger partial charge in [0.15, 0.2) is 5.58 Å². The number of alkyl halides is 3. The first-order chi connectivity index (χ1) is 15.2. The summed E-state index contributed by atoms with van der Waals surface area (Å²) in [7, 11) is -4.48. The first kappa shape index (κ1) is 22.5. The fraction of sp³-hybridized carbons (Fsp3) is 0.364. The van der Waals surface area contributed by atoms with E-state index in [2.05, 4.69) is 21.9 Å². The summed E-state index contributed by atoms with van der Waals surface area (Å²) in [6.07, 6.45) is -1.13. The normalized spacial score (nSPS) is 17.7. The number of anilines is 2. The van der Waals surface area contributed by atoms with Gasteiger partial charge in [-0.1, -0.05) is 19.1 Å². The zero-order valence-electron chi connectivity index (χ0n) is 17.4. The SMILES string of the molecule is CCN1CCC[C@@H]1CNc1cc(NS(=O)(=O)c2ccccc2C(F)(F)F)cc2ccoc12. The zero-order chi connectivity index (χ0) is 22.9. The molecule has 1 aliphatic heterocycles. The molecule has 1 aromatic heterocycles. The van der Waals surface area contributed by atoms with Gasteiger partial charge in [0.05, 0.1) is 28.1 Å². The van der Waals surface area contributed by atoms with E-state index in [1.54, 1.807) is 12.1 Å². The van der Waals surface area contributed by atoms with Crippen molar-refractivity contribution in [2.75, 3.05) is 29.7 Å². The molecule has 32 heavy (non-hydrogen) atoms. The molecule has 10 heteroatoms. The predicted octanol–water partition coefficient (Wildman–Crippen LogP) is 5.15. The lowest BCUT2D eigenvalue weighted by Gasteiger charge is -2.23. The minimum Gasteiger partial charge on any atom is -0.462 e. The number of likely N-dealkylation sites (N-methyl/N-ethyl adjacent to an activating group) is 1. The molecular formula is C22H24F3N3O3S. The lowest BCUT2D eigenvalue weighted by Crippen LogP contribution is -2.34. The minimum atomic E-state index is -4.79. The highest BCUT2D eigenvalue weighted by atomic mass is 32.2. The van der Waals surface area contributed by atoms with Crippen molar-refractivity contribution >= 4 is 32.4 Å². The van der Waals surface area contributed by atoms with Crippen molar-refractivity contribution in [3.8, 4) is 0 Å². The molecule has 0 spiro atoms. The van der Waals surface area contributed by atoms with Crippen molar-refractivity contribution in [2.24, 2.45) is 0 Å². The molecule has 0 unspecified atom stereocenters. The standard InChI is InChI=1S/C22H24F3N3O3S/c1-2-28-10-5-6-17(28)14-26-19-13-16(12-15-9-11-31-21(15)19)27-32(29,30)20-8-4-3-7-18(20)22(23,24)25/h3-4,7-9,11-13,17,26-27H,2,5-6,10,14H2,1H3/t17-/m1/s1. The number of nitrogens with one attached hydrogen (secondary N) is 2. The summed E-state index contributed by atoms with van der Waals surface area (Å²) in [6.45, 7) is 4.74. The quantitative estimate of drug-likeness (QED) is 0.503. The van der Waals surface area contributed by atoms with Crippen LogP contribution >= 0.6 is 0 Å². The lowest BCUT2D eigenvalue weighted by atomic mass is 10.2. The van der Waals surface area contributed by atoms with E-state index in [1.165, 1.54) is 18.4 Å². The molecule has 0 amide bonds. The largest absolute Gasteiger partial charge is 0.462 e. The molecule has 2 aromatic carbocycles. The molecule has 0 saturated carbocycles. The highest BCUT2D eigenvalue weighted by Crippen LogP contribution is 2.36. The Morgan fingerprint density at radius 3 is 2.72 bits per heavy atom. The van der Waals surface area contributed by atoms with Gasteiger partial charge in [-0.15, -0.1) is 0 Å². The third kappa shape index (κ3) is 4.56. The summed E-state index contributed by atoms with van der Waals surface area (Å²) in [4.78, 5) is 1.55. The Kier molecular flexibility index (Phi) is 6.09. The van der Waals surface area contributed by atoms with Gasteiger partial charge in [0.1, 0.15) is 0 Å². The van der Waals surface area contributed by atoms with Gasteiger partial charge in [-0.2, -0.15) is 13.2 Å². The third-order valence-corrected chi connectivity index (χ3v) is 7.16. The molecule has 172 valence electrons. The van der Waals surface area contributed by atoms with Gasteiger partial charge in [0.25, 0.3) is 10.0 Å². The van der Waals surface area contributed by atoms with Crippen LogP contribution in [0.25, 0.3) is 11.0 Å². The second-order valence-corrected chi connectivity index (χ2v) is 9.42. The second-order valence-electron chi connectivity index (χ2n) is 7.77. The van der Waals surface area contributed by atoms with Gasteiger partial charge >= 0.3 is 6.18 Å². The van der Waals surface area contributed by atoms with Crippen LogP contribution in [-0.2, 0) is 16.2 Å². The van der Waals surface area contributed by atoms with E-state index in [4.69, 9.17) is 4.42 Å². The second kappa shape index (κ2) is 8.67. The Bertz CT molecular complexity index is 1210. The van der Waals surface area contributed by atoms with Crippen molar-refractivity contribution in [1.29, 1.82) is 0 Å². The Morgan fingerprint density at radius 1 is 1.19 bits per heavy atom. The molecule has 1 fully saturated rings. The summed E-state index contributed by atoms with van der Waals surface area (Å²) in [5.41, 5.74) is 0.0789. The fourth-order valence-corrected chi connectivity index (χ4v) is 5.46. The number of benzene rings is 2. The average Bonchev–Trinajstić information content (AvgIpc) is 3.40. The minimum absolute atomic E-state index is 0.150. The smallest absolute Gasteiger partial charge is 0.417 e. The molecule has 1 aliphatic rings. The number of halogens is 3. The van der Waals surface area contributed by atoms with Crippen molar-refractivity contribution < 1.29 is 26.0 Å². The highest BCUT2D eigenvalue weighted by Gasteiger charge is 2.37. The van der Waals surface area contributed by atoms with Crippen LogP contribution in [0, 0.1) is 0 Å². The fourth-order valence-electron chi connectivity index (χ4n) is 4.19. The maximum atomic E-state index is 13.3. The van der Waals surface area contributed by atoms with Gasteiger partial charge < -0.3 is 9.73 Å². The molecular weight excluding hydrogens is 443 g/mol. The molecule has 1 atom stereocenters. The van der Waals surface area contributed by atoms with Crippen molar-refractivity contribution in [3.63, 3.8) is 0 Å². The molecule has 2 heterocycles. The van der Waals surface area contributed by atoms with Crippen molar-refractivity contribution in [3.05, 3.63) is 54.3 Å². The summed E-state index contributed by atoms with van der Waals surface area (Å²) in [5, 5.41) is 3.97. The van der Waals surface area contributed by atoms with Crippen molar-refractivity contribution in [2.45, 2.75) is 36.9 Å². The number of sulfonamides is 1. The Morgan fingerprint density at radius 2 is 1.97 bits per heavy atom. The van der Waals surface area contributed by atoms with E-state index >= 15 is 0 Å². The number of hydrogen-bond donors (Lipinski definition) is 2. The highest BCUT2D eigenvalue weighted by molar-refractivity contribution is 7.92. The molecule has 0 aliphatic carbocycles. The monoisotopic (exact) mass is 467 g/mol. The van der Waals surface area contributed by atoms with Crippen LogP contribution in [0.15, 0.2) is 58.0 Å². The van der Waals surface area contributed by atoms with Crippen molar-refractivity contribution in [1.82, 2.24) is 4.90 Å². The number of hydrogen-bond acceptors (Lipinski definition) is 5. The first-order valence-electron chi connectivity index (χ1n) is 10.4. The third-order valence-electron chi connectivity index (χ3n) is 5.72. The zero-order valence-corrected chi connectivity index (χ0v) is 18.3. The Hall–Kier alpha value is -2.72. The number of nitrogens with zero attached hydrogens (tertiary/aromatic N) is 1. The summed E-state index contributed by atoms with van der Waals surface area (Å²) in [6, 6.07) is 9.22. The predicted molar refractivity (Wildman–Crippen MR) is 117 cm³/mol. The lowest BCUT2D eigenvalue weighted by molar-refractivity contribution is -0.139. The molecule has 4 rings (SSSR count). The van der Waals surface area contributed by atoms with Gasteiger partial charge in [-0.05, 0) is 56.3 Å². The average molecular weight is 468 g/mol. The summed E-state index contributed by atoms with van der Waals surface area (Å²) >= 11 is 0. The van der Waals surface area contributed by atoms with E-state index in [0.29, 0.717) is 29.2 Å². The van der Waals surface area contributed by atoms with Crippen LogP contribution in [-0.4, -0.2) is 39.0 Å². The Balaban J connectivity index is 1.63. The van der Waals surface area contributed by atoms with E-state index in [9.17, 15) is 21.6 Å². The Labute approximate surface area is 184 Å². The molecule has 1 saturated heterocycles. The van der Waals surface area contributed by atoms with Gasteiger partial charge in [-0.3, -0.25) is 9.62 Å². The summed E-state index contributed by atoms with van der Waals surface area (Å²) in [5.74, 6) is 0. The number of furan rings is 1. The van der Waals surface area contributed by atoms with E-state index in [0.717, 1.165) is 44.1 Å². The summed E-state index contributed by atoms with van der Waals surface area (Å²) < 4.78 is 73.5. The van der Waals surface area contributed by atoms with E-state index < -0.39 is 26.7 Å². The van der Waals surface area contributed by atoms with E-state index in [-0.39, 0.29) is 5.69 Å². The molecule has 6 nitrogen and oxygen atoms in total. The maximum absolute atomic E-state index is 13.3. The maximum Gasteiger partial charge on any atom is 0.417 e. The molecule has 0 radical (unpaired) electrons. The number of likely N-dealkylation sites (tertiary alicyclic amines) is 1. The van der Waals surface area contributed by atoms with Gasteiger partial charge in [0, 0.05) is 18.0 Å². The van der Waals surface area contributed by atoms with Gasteiger partial charge in [-0.25, -0.2) is 8.42 Å². The molecule has 3 aromatic rings. The molecule has 0 bridgehead atoms. The van der Waals surface area contributed by atoms with Crippen LogP contribution in [0.3, 0.4) is 0 Å². The molecule has 2 N–H and O–H groups in total. The van der Waals surface area contributed by atoms with Crippen LogP contribution in [0.1, 0.15) is 25.3 Å². The number of rotatable bonds is 7. The topological polar surface area (TPSA) is 74.6 Å². The first-order valence-corrected chi connectivity index (χ1v) is 11.9. The van der Waals surface area contributed by atoms with E-state index in [1.807, 2.05) is 0 Å². The number of fused-ring (bicyclic) bond motifs is 1. The van der Waals surface area contributed by atoms with Crippen LogP contribution in [0.2, 0.25) is 0 Å². The van der Waals surface area contributed by atoms with Crippen LogP contribution < -0.4 is 10.0 Å². The van der Waals surface area contributed by atoms with Crippen LogP contribution in [0.5, 0.6) is 0 Å². The van der Waals surface area contributed by atoms with Gasteiger partial charge in [0.2, 0.25) is 0 Å². The van der Waals surface area contributed by atoms with Crippen LogP contribution in [0.4, 0.5) is 24.5 Å².